The highest BCUT2D eigenvalue weighted by atomic mass is 16.5. The molecule has 4 rings (SSSR count). The molecule has 0 spiro atoms. The summed E-state index contributed by atoms with van der Waals surface area (Å²) in [6.45, 7) is 3.84. The number of carboxylic acid groups (broad SMARTS) is 1. The van der Waals surface area contributed by atoms with Crippen LogP contribution in [0.25, 0.3) is 11.1 Å². The van der Waals surface area contributed by atoms with Crippen LogP contribution in [0, 0.1) is 5.41 Å². The van der Waals surface area contributed by atoms with E-state index >= 15 is 0 Å². The molecule has 0 unspecified atom stereocenters. The summed E-state index contributed by atoms with van der Waals surface area (Å²) < 4.78 is 5.63. The fourth-order valence-electron chi connectivity index (χ4n) is 5.56. The molecule has 2 aliphatic rings. The van der Waals surface area contributed by atoms with Crippen LogP contribution in [-0.4, -0.2) is 41.8 Å². The number of alkyl carbamates (subject to hydrolysis) is 1. The van der Waals surface area contributed by atoms with Gasteiger partial charge in [0.25, 0.3) is 0 Å². The van der Waals surface area contributed by atoms with Crippen LogP contribution in [0.4, 0.5) is 4.79 Å². The Morgan fingerprint density at radius 2 is 1.51 bits per heavy atom. The lowest BCUT2D eigenvalue weighted by molar-refractivity contribution is -0.150. The summed E-state index contributed by atoms with van der Waals surface area (Å²) in [6.07, 6.45) is 2.94. The zero-order valence-corrected chi connectivity index (χ0v) is 20.4. The Labute approximate surface area is 206 Å². The largest absolute Gasteiger partial charge is 0.480 e. The molecule has 0 aliphatic heterocycles. The topological polar surface area (TPSA) is 105 Å². The molecular formula is C28H34N2O5. The maximum Gasteiger partial charge on any atom is 0.407 e. The number of aliphatic carboxylic acids is 1. The smallest absolute Gasteiger partial charge is 0.407 e. The molecule has 7 heteroatoms. The molecule has 2 aliphatic carbocycles. The molecule has 2 aromatic carbocycles. The minimum absolute atomic E-state index is 0.0396. The quantitative estimate of drug-likeness (QED) is 0.478. The summed E-state index contributed by atoms with van der Waals surface area (Å²) in [5.41, 5.74) is 2.47. The number of hydrogen-bond donors (Lipinski definition) is 3. The summed E-state index contributed by atoms with van der Waals surface area (Å²) in [5, 5.41) is 15.3. The van der Waals surface area contributed by atoms with E-state index in [1.165, 1.54) is 0 Å². The van der Waals surface area contributed by atoms with Crippen molar-refractivity contribution in [1.82, 2.24) is 10.6 Å². The number of nitrogens with one attached hydrogen (secondary N) is 2. The second-order valence-corrected chi connectivity index (χ2v) is 9.72. The van der Waals surface area contributed by atoms with Gasteiger partial charge in [0.2, 0.25) is 5.91 Å². The van der Waals surface area contributed by atoms with Crippen molar-refractivity contribution in [2.24, 2.45) is 5.41 Å². The molecule has 186 valence electrons. The molecule has 0 saturated heterocycles. The number of carbonyl (C=O) groups excluding carboxylic acids is 2. The first-order valence-corrected chi connectivity index (χ1v) is 12.5. The number of fused-ring (bicyclic) bond motifs is 3. The third-order valence-electron chi connectivity index (χ3n) is 7.93. The van der Waals surface area contributed by atoms with Gasteiger partial charge in [0, 0.05) is 12.5 Å². The normalized spacial score (nSPS) is 16.3. The van der Waals surface area contributed by atoms with Crippen LogP contribution in [0.5, 0.6) is 0 Å². The van der Waals surface area contributed by atoms with Gasteiger partial charge in [-0.2, -0.15) is 0 Å². The van der Waals surface area contributed by atoms with E-state index in [-0.39, 0.29) is 25.0 Å². The van der Waals surface area contributed by atoms with Gasteiger partial charge in [-0.05, 0) is 47.9 Å². The van der Waals surface area contributed by atoms with Gasteiger partial charge in [0.1, 0.15) is 12.1 Å². The van der Waals surface area contributed by atoms with E-state index in [0.29, 0.717) is 25.7 Å². The number of carboxylic acids is 1. The lowest BCUT2D eigenvalue weighted by atomic mass is 9.82. The van der Waals surface area contributed by atoms with Gasteiger partial charge in [-0.15, -0.1) is 0 Å². The first-order valence-electron chi connectivity index (χ1n) is 12.5. The second-order valence-electron chi connectivity index (χ2n) is 9.72. The number of amides is 2. The zero-order valence-electron chi connectivity index (χ0n) is 20.4. The van der Waals surface area contributed by atoms with Crippen LogP contribution in [-0.2, 0) is 14.3 Å². The highest BCUT2D eigenvalue weighted by Crippen LogP contribution is 2.44. The Kier molecular flexibility index (Phi) is 7.15. The third-order valence-corrected chi connectivity index (χ3v) is 7.93. The molecule has 2 aromatic rings. The number of ether oxygens (including phenoxy) is 1. The predicted octanol–water partition coefficient (Wildman–Crippen LogP) is 4.85. The van der Waals surface area contributed by atoms with Crippen molar-refractivity contribution < 1.29 is 24.2 Å². The minimum Gasteiger partial charge on any atom is -0.480 e. The second kappa shape index (κ2) is 10.1. The minimum atomic E-state index is -1.30. The summed E-state index contributed by atoms with van der Waals surface area (Å²) >= 11 is 0. The molecule has 1 saturated carbocycles. The first-order chi connectivity index (χ1) is 16.9. The van der Waals surface area contributed by atoms with E-state index in [1.807, 2.05) is 24.3 Å². The SMILES string of the molecule is CCC(CC)(NC(=O)C1(CNC(=O)OCC2c3ccccc3-c3ccccc32)CCCC1)C(=O)O. The van der Waals surface area contributed by atoms with Crippen molar-refractivity contribution in [3.05, 3.63) is 59.7 Å². The number of rotatable bonds is 9. The van der Waals surface area contributed by atoms with Gasteiger partial charge in [-0.25, -0.2) is 9.59 Å². The summed E-state index contributed by atoms with van der Waals surface area (Å²) in [4.78, 5) is 37.9. The average molecular weight is 479 g/mol. The Morgan fingerprint density at radius 1 is 0.971 bits per heavy atom. The molecule has 0 atom stereocenters. The number of hydrogen-bond acceptors (Lipinski definition) is 4. The van der Waals surface area contributed by atoms with Crippen molar-refractivity contribution in [3.63, 3.8) is 0 Å². The van der Waals surface area contributed by atoms with Gasteiger partial charge < -0.3 is 20.5 Å². The number of benzene rings is 2. The Bertz CT molecular complexity index is 1060. The summed E-state index contributed by atoms with van der Waals surface area (Å²) in [6, 6.07) is 16.3. The maximum absolute atomic E-state index is 13.3. The van der Waals surface area contributed by atoms with Crippen LogP contribution in [0.3, 0.4) is 0 Å². The van der Waals surface area contributed by atoms with Gasteiger partial charge in [-0.3, -0.25) is 4.79 Å². The van der Waals surface area contributed by atoms with Crippen molar-refractivity contribution in [3.8, 4) is 11.1 Å². The highest BCUT2D eigenvalue weighted by Gasteiger charge is 2.46. The molecule has 2 amide bonds. The van der Waals surface area contributed by atoms with Gasteiger partial charge in [-0.1, -0.05) is 75.2 Å². The average Bonchev–Trinajstić information content (AvgIpc) is 3.48. The van der Waals surface area contributed by atoms with E-state index in [4.69, 9.17) is 4.74 Å². The van der Waals surface area contributed by atoms with Gasteiger partial charge in [0.05, 0.1) is 5.41 Å². The highest BCUT2D eigenvalue weighted by molar-refractivity contribution is 5.90. The van der Waals surface area contributed by atoms with Crippen molar-refractivity contribution in [2.45, 2.75) is 63.8 Å². The monoisotopic (exact) mass is 478 g/mol. The molecule has 0 bridgehead atoms. The van der Waals surface area contributed by atoms with Crippen molar-refractivity contribution in [1.29, 1.82) is 0 Å². The molecule has 0 radical (unpaired) electrons. The molecule has 35 heavy (non-hydrogen) atoms. The van der Waals surface area contributed by atoms with Crippen molar-refractivity contribution >= 4 is 18.0 Å². The van der Waals surface area contributed by atoms with E-state index in [0.717, 1.165) is 35.1 Å². The molecule has 0 heterocycles. The Hall–Kier alpha value is -3.35. The molecule has 1 fully saturated rings. The molecular weight excluding hydrogens is 444 g/mol. The molecule has 3 N–H and O–H groups in total. The van der Waals surface area contributed by atoms with E-state index in [1.54, 1.807) is 13.8 Å². The van der Waals surface area contributed by atoms with Crippen LogP contribution in [0.15, 0.2) is 48.5 Å². The van der Waals surface area contributed by atoms with Crippen LogP contribution in [0.1, 0.15) is 69.4 Å². The van der Waals surface area contributed by atoms with Crippen LogP contribution >= 0.6 is 0 Å². The van der Waals surface area contributed by atoms with Gasteiger partial charge in [0.15, 0.2) is 0 Å². The first kappa shape index (κ1) is 24.8. The standard InChI is InChI=1S/C28H34N2O5/c1-3-28(4-2,25(32)33)30-24(31)27(15-9-10-16-27)18-29-26(34)35-17-23-21-13-7-5-11-19(21)20-12-6-8-14-22(20)23/h5-8,11-14,23H,3-4,9-10,15-18H2,1-2H3,(H,29,34)(H,30,31)(H,32,33). The van der Waals surface area contributed by atoms with E-state index in [2.05, 4.69) is 34.9 Å². The zero-order chi connectivity index (χ0) is 25.1. The van der Waals surface area contributed by atoms with Gasteiger partial charge >= 0.3 is 12.1 Å². The third kappa shape index (κ3) is 4.64. The fourth-order valence-corrected chi connectivity index (χ4v) is 5.56. The van der Waals surface area contributed by atoms with E-state index < -0.39 is 23.0 Å². The lowest BCUT2D eigenvalue weighted by Gasteiger charge is -2.34. The summed E-state index contributed by atoms with van der Waals surface area (Å²) in [5.74, 6) is -1.38. The fraction of sp³-hybridized carbons (Fsp3) is 0.464. The number of carbonyl (C=O) groups is 3. The Morgan fingerprint density at radius 3 is 2.03 bits per heavy atom. The lowest BCUT2D eigenvalue weighted by Crippen LogP contribution is -2.59. The predicted molar refractivity (Wildman–Crippen MR) is 133 cm³/mol. The van der Waals surface area contributed by atoms with Crippen LogP contribution < -0.4 is 10.6 Å². The molecule has 7 nitrogen and oxygen atoms in total. The maximum atomic E-state index is 13.3. The van der Waals surface area contributed by atoms with E-state index in [9.17, 15) is 19.5 Å². The summed E-state index contributed by atoms with van der Waals surface area (Å²) in [7, 11) is 0. The van der Waals surface area contributed by atoms with Crippen LogP contribution in [0.2, 0.25) is 0 Å². The van der Waals surface area contributed by atoms with Crippen molar-refractivity contribution in [2.75, 3.05) is 13.2 Å². The molecule has 0 aromatic heterocycles. The Balaban J connectivity index is 1.40.